The topological polar surface area (TPSA) is 4.93 Å². The van der Waals surface area contributed by atoms with E-state index >= 15 is 0 Å². The molecule has 0 spiro atoms. The average Bonchev–Trinajstić information content (AvgIpc) is 3.12. The van der Waals surface area contributed by atoms with Gasteiger partial charge in [0.1, 0.15) is 0 Å². The normalized spacial score (nSPS) is 11.6. The quantitative estimate of drug-likeness (QED) is 0.328. The Morgan fingerprint density at radius 2 is 1.45 bits per heavy atom. The van der Waals surface area contributed by atoms with Crippen molar-refractivity contribution in [2.75, 3.05) is 0 Å². The molecule has 0 fully saturated rings. The zero-order valence-corrected chi connectivity index (χ0v) is 18.2. The second-order valence-electron chi connectivity index (χ2n) is 8.62. The van der Waals surface area contributed by atoms with E-state index in [0.717, 1.165) is 16.3 Å². The second-order valence-corrected chi connectivity index (χ2v) is 9.06. The van der Waals surface area contributed by atoms with E-state index < -0.39 is 0 Å². The Labute approximate surface area is 178 Å². The number of nitrogens with zero attached hydrogens (tertiary/aromatic N) is 1. The third-order valence-corrected chi connectivity index (χ3v) is 5.56. The van der Waals surface area contributed by atoms with Crippen LogP contribution in [0.15, 0.2) is 85.1 Å². The van der Waals surface area contributed by atoms with Gasteiger partial charge in [-0.15, -0.1) is 0 Å². The van der Waals surface area contributed by atoms with E-state index in [9.17, 15) is 0 Å². The Morgan fingerprint density at radius 1 is 0.759 bits per heavy atom. The van der Waals surface area contributed by atoms with E-state index in [4.69, 9.17) is 11.6 Å². The first-order chi connectivity index (χ1) is 13.8. The first-order valence-corrected chi connectivity index (χ1v) is 10.4. The molecule has 0 unspecified atom stereocenters. The summed E-state index contributed by atoms with van der Waals surface area (Å²) in [5, 5.41) is 0.750. The fourth-order valence-electron chi connectivity index (χ4n) is 3.75. The van der Waals surface area contributed by atoms with Crippen molar-refractivity contribution in [3.63, 3.8) is 0 Å². The third kappa shape index (κ3) is 4.02. The van der Waals surface area contributed by atoms with Gasteiger partial charge in [0.25, 0.3) is 0 Å². The molecule has 3 aromatic carbocycles. The molecule has 1 nitrogen and oxygen atoms in total. The summed E-state index contributed by atoms with van der Waals surface area (Å²) in [7, 11) is 0. The summed E-state index contributed by atoms with van der Waals surface area (Å²) < 4.78 is 2.28. The SMILES string of the molecule is Cc1cccc(-c2c(-c3cccc(Cl)c3)ccn2-c2ccc(C(C)(C)C)cc2)c1. The molecule has 4 aromatic rings. The maximum Gasteiger partial charge on any atom is 0.0606 e. The van der Waals surface area contributed by atoms with E-state index in [1.165, 1.54) is 27.9 Å². The zero-order chi connectivity index (χ0) is 20.6. The minimum absolute atomic E-state index is 0.139. The van der Waals surface area contributed by atoms with Gasteiger partial charge in [-0.3, -0.25) is 0 Å². The van der Waals surface area contributed by atoms with Crippen LogP contribution in [0.5, 0.6) is 0 Å². The van der Waals surface area contributed by atoms with E-state index in [1.807, 2.05) is 18.2 Å². The van der Waals surface area contributed by atoms with E-state index in [2.05, 4.69) is 99.1 Å². The van der Waals surface area contributed by atoms with Crippen LogP contribution < -0.4 is 0 Å². The summed E-state index contributed by atoms with van der Waals surface area (Å²) in [6.07, 6.45) is 2.15. The number of hydrogen-bond donors (Lipinski definition) is 0. The van der Waals surface area contributed by atoms with E-state index in [1.54, 1.807) is 0 Å². The standard InChI is InChI=1S/C27H26ClN/c1-19-7-5-9-21(17-19)26-25(20-8-6-10-23(28)18-20)15-16-29(26)24-13-11-22(12-14-24)27(2,3)4/h5-18H,1-4H3. The molecule has 0 aliphatic carbocycles. The molecular formula is C27H26ClN. The predicted molar refractivity (Wildman–Crippen MR) is 125 cm³/mol. The van der Waals surface area contributed by atoms with Gasteiger partial charge < -0.3 is 4.57 Å². The van der Waals surface area contributed by atoms with E-state index in [0.29, 0.717) is 0 Å². The van der Waals surface area contributed by atoms with Crippen LogP contribution in [0.3, 0.4) is 0 Å². The van der Waals surface area contributed by atoms with Gasteiger partial charge in [-0.25, -0.2) is 0 Å². The highest BCUT2D eigenvalue weighted by molar-refractivity contribution is 6.30. The smallest absolute Gasteiger partial charge is 0.0606 e. The highest BCUT2D eigenvalue weighted by Gasteiger charge is 2.17. The molecule has 0 aliphatic rings. The molecule has 0 radical (unpaired) electrons. The van der Waals surface area contributed by atoms with Crippen LogP contribution in [-0.2, 0) is 5.41 Å². The van der Waals surface area contributed by atoms with Crippen molar-refractivity contribution in [2.24, 2.45) is 0 Å². The second kappa shape index (κ2) is 7.57. The highest BCUT2D eigenvalue weighted by Crippen LogP contribution is 2.36. The van der Waals surface area contributed by atoms with Crippen LogP contribution in [0.1, 0.15) is 31.9 Å². The number of hydrogen-bond acceptors (Lipinski definition) is 0. The minimum Gasteiger partial charge on any atom is -0.316 e. The lowest BCUT2D eigenvalue weighted by Gasteiger charge is -2.20. The lowest BCUT2D eigenvalue weighted by molar-refractivity contribution is 0.590. The van der Waals surface area contributed by atoms with Gasteiger partial charge in [0.2, 0.25) is 0 Å². The van der Waals surface area contributed by atoms with Gasteiger partial charge in [0.05, 0.1) is 5.69 Å². The first kappa shape index (κ1) is 19.5. The van der Waals surface area contributed by atoms with Crippen LogP contribution in [0.2, 0.25) is 5.02 Å². The summed E-state index contributed by atoms with van der Waals surface area (Å²) >= 11 is 6.30. The van der Waals surface area contributed by atoms with Gasteiger partial charge in [-0.2, -0.15) is 0 Å². The number of aryl methyl sites for hydroxylation is 1. The molecule has 0 atom stereocenters. The minimum atomic E-state index is 0.139. The molecule has 0 N–H and O–H groups in total. The summed E-state index contributed by atoms with van der Waals surface area (Å²) in [4.78, 5) is 0. The lowest BCUT2D eigenvalue weighted by atomic mass is 9.87. The average molecular weight is 400 g/mol. The van der Waals surface area contributed by atoms with E-state index in [-0.39, 0.29) is 5.41 Å². The Kier molecular flexibility index (Phi) is 5.10. The molecule has 0 aliphatic heterocycles. The van der Waals surface area contributed by atoms with Crippen molar-refractivity contribution in [1.29, 1.82) is 0 Å². The molecular weight excluding hydrogens is 374 g/mol. The molecule has 2 heteroatoms. The number of benzene rings is 3. The van der Waals surface area contributed by atoms with Gasteiger partial charge in [0.15, 0.2) is 0 Å². The van der Waals surface area contributed by atoms with Gasteiger partial charge in [-0.1, -0.05) is 80.4 Å². The van der Waals surface area contributed by atoms with Crippen molar-refractivity contribution in [3.05, 3.63) is 101 Å². The van der Waals surface area contributed by atoms with Crippen LogP contribution in [-0.4, -0.2) is 4.57 Å². The summed E-state index contributed by atoms with van der Waals surface area (Å²) in [5.74, 6) is 0. The fraction of sp³-hybridized carbons (Fsp3) is 0.185. The van der Waals surface area contributed by atoms with Crippen molar-refractivity contribution >= 4 is 11.6 Å². The molecule has 4 rings (SSSR count). The molecule has 29 heavy (non-hydrogen) atoms. The zero-order valence-electron chi connectivity index (χ0n) is 17.4. The van der Waals surface area contributed by atoms with Crippen LogP contribution in [0.25, 0.3) is 28.1 Å². The number of rotatable bonds is 3. The molecule has 1 heterocycles. The highest BCUT2D eigenvalue weighted by atomic mass is 35.5. The van der Waals surface area contributed by atoms with Crippen LogP contribution in [0, 0.1) is 6.92 Å². The molecule has 0 saturated heterocycles. The lowest BCUT2D eigenvalue weighted by Crippen LogP contribution is -2.10. The predicted octanol–water partition coefficient (Wildman–Crippen LogP) is 8.07. The Morgan fingerprint density at radius 3 is 2.10 bits per heavy atom. The summed E-state index contributed by atoms with van der Waals surface area (Å²) in [6, 6.07) is 27.8. The fourth-order valence-corrected chi connectivity index (χ4v) is 3.94. The van der Waals surface area contributed by atoms with Crippen molar-refractivity contribution in [3.8, 4) is 28.1 Å². The Balaban J connectivity index is 1.91. The molecule has 0 amide bonds. The van der Waals surface area contributed by atoms with Crippen molar-refractivity contribution in [1.82, 2.24) is 4.57 Å². The van der Waals surface area contributed by atoms with Gasteiger partial charge >= 0.3 is 0 Å². The number of aromatic nitrogens is 1. The monoisotopic (exact) mass is 399 g/mol. The maximum absolute atomic E-state index is 6.30. The Bertz CT molecular complexity index is 1140. The van der Waals surface area contributed by atoms with Gasteiger partial charge in [0, 0.05) is 22.5 Å². The van der Waals surface area contributed by atoms with Crippen molar-refractivity contribution < 1.29 is 0 Å². The van der Waals surface area contributed by atoms with Gasteiger partial charge in [-0.05, 0) is 65.4 Å². The molecule has 146 valence electrons. The maximum atomic E-state index is 6.30. The Hall–Kier alpha value is -2.77. The van der Waals surface area contributed by atoms with Crippen LogP contribution >= 0.6 is 11.6 Å². The number of halogens is 1. The molecule has 0 bridgehead atoms. The first-order valence-electron chi connectivity index (χ1n) is 9.98. The molecule has 0 saturated carbocycles. The van der Waals surface area contributed by atoms with Crippen LogP contribution in [0.4, 0.5) is 0 Å². The summed E-state index contributed by atoms with van der Waals surface area (Å²) in [5.41, 5.74) is 8.56. The largest absolute Gasteiger partial charge is 0.316 e. The third-order valence-electron chi connectivity index (χ3n) is 5.32. The van der Waals surface area contributed by atoms with Crippen molar-refractivity contribution in [2.45, 2.75) is 33.1 Å². The molecule has 1 aromatic heterocycles. The summed E-state index contributed by atoms with van der Waals surface area (Å²) in [6.45, 7) is 8.86.